The van der Waals surface area contributed by atoms with Crippen LogP contribution in [0.3, 0.4) is 0 Å². The monoisotopic (exact) mass is 568 g/mol. The van der Waals surface area contributed by atoms with Crippen molar-refractivity contribution in [1.29, 1.82) is 0 Å². The molecular formula is C43H36O. The van der Waals surface area contributed by atoms with Gasteiger partial charge in [-0.15, -0.1) is 0 Å². The molecule has 4 aromatic rings. The number of fused-ring (bicyclic) bond motifs is 6. The summed E-state index contributed by atoms with van der Waals surface area (Å²) in [6.07, 6.45) is 31.2. The van der Waals surface area contributed by atoms with E-state index in [2.05, 4.69) is 141 Å². The van der Waals surface area contributed by atoms with Crippen LogP contribution in [0.4, 0.5) is 0 Å². The van der Waals surface area contributed by atoms with E-state index in [0.29, 0.717) is 5.76 Å². The van der Waals surface area contributed by atoms with Crippen molar-refractivity contribution in [2.75, 3.05) is 0 Å². The van der Waals surface area contributed by atoms with Crippen LogP contribution < -0.4 is 4.74 Å². The summed E-state index contributed by atoms with van der Waals surface area (Å²) in [6.45, 7) is 6.28. The summed E-state index contributed by atoms with van der Waals surface area (Å²) < 4.78 is 6.33. The third-order valence-electron chi connectivity index (χ3n) is 7.86. The molecule has 0 bridgehead atoms. The molecule has 0 unspecified atom stereocenters. The lowest BCUT2D eigenvalue weighted by Crippen LogP contribution is -1.98. The van der Waals surface area contributed by atoms with Crippen LogP contribution in [0.25, 0.3) is 38.6 Å². The second-order valence-electron chi connectivity index (χ2n) is 11.0. The van der Waals surface area contributed by atoms with Crippen LogP contribution >= 0.6 is 0 Å². The second kappa shape index (κ2) is 13.7. The highest BCUT2D eigenvalue weighted by Crippen LogP contribution is 2.42. The first-order valence-electron chi connectivity index (χ1n) is 15.2. The van der Waals surface area contributed by atoms with Gasteiger partial charge in [-0.25, -0.2) is 0 Å². The SMILES string of the molecule is C=C1/C=C\C=C/CCc2cc3ccccc3cc2-c2cc(C3=C/C=C(C)\C=C/C=C/C=C/C=C\3)ccc2-c2ccccc2O1. The Morgan fingerprint density at radius 1 is 0.591 bits per heavy atom. The average molecular weight is 569 g/mol. The Morgan fingerprint density at radius 3 is 2.18 bits per heavy atom. The van der Waals surface area contributed by atoms with Crippen LogP contribution in [-0.2, 0) is 6.42 Å². The van der Waals surface area contributed by atoms with Crippen molar-refractivity contribution in [1.82, 2.24) is 0 Å². The molecule has 1 aliphatic heterocycles. The van der Waals surface area contributed by atoms with Gasteiger partial charge in [0.05, 0.1) is 0 Å². The van der Waals surface area contributed by atoms with Gasteiger partial charge in [-0.05, 0) is 88.2 Å². The topological polar surface area (TPSA) is 9.23 Å². The van der Waals surface area contributed by atoms with E-state index in [1.54, 1.807) is 0 Å². The summed E-state index contributed by atoms with van der Waals surface area (Å²) >= 11 is 0. The molecule has 2 aliphatic rings. The number of benzene rings is 4. The zero-order valence-corrected chi connectivity index (χ0v) is 25.1. The summed E-state index contributed by atoms with van der Waals surface area (Å²) in [5.41, 5.74) is 9.40. The van der Waals surface area contributed by atoms with E-state index in [9.17, 15) is 0 Å². The minimum atomic E-state index is 0.603. The average Bonchev–Trinajstić information content (AvgIpc) is 3.04. The maximum Gasteiger partial charge on any atom is 0.135 e. The zero-order valence-electron chi connectivity index (χ0n) is 25.1. The molecule has 6 rings (SSSR count). The number of rotatable bonds is 1. The van der Waals surface area contributed by atoms with E-state index < -0.39 is 0 Å². The number of hydrogen-bond donors (Lipinski definition) is 0. The van der Waals surface area contributed by atoms with E-state index in [4.69, 9.17) is 4.74 Å². The Kier molecular flexibility index (Phi) is 8.95. The van der Waals surface area contributed by atoms with Crippen molar-refractivity contribution in [3.05, 3.63) is 193 Å². The fourth-order valence-electron chi connectivity index (χ4n) is 5.60. The van der Waals surface area contributed by atoms with E-state index in [1.807, 2.05) is 36.4 Å². The molecule has 0 aromatic heterocycles. The van der Waals surface area contributed by atoms with Crippen molar-refractivity contribution < 1.29 is 4.74 Å². The van der Waals surface area contributed by atoms with Crippen molar-refractivity contribution in [3.8, 4) is 28.0 Å². The number of hydrogen-bond acceptors (Lipinski definition) is 1. The van der Waals surface area contributed by atoms with Crippen molar-refractivity contribution >= 4 is 16.3 Å². The van der Waals surface area contributed by atoms with E-state index in [1.165, 1.54) is 33.0 Å². The summed E-state index contributed by atoms with van der Waals surface area (Å²) in [6, 6.07) is 28.4. The summed E-state index contributed by atoms with van der Waals surface area (Å²) in [5, 5.41) is 2.49. The van der Waals surface area contributed by atoms with Gasteiger partial charge in [-0.2, -0.15) is 0 Å². The second-order valence-corrected chi connectivity index (χ2v) is 11.0. The zero-order chi connectivity index (χ0) is 30.1. The molecule has 0 saturated heterocycles. The molecule has 0 radical (unpaired) electrons. The first-order valence-corrected chi connectivity index (χ1v) is 15.2. The van der Waals surface area contributed by atoms with Crippen molar-refractivity contribution in [2.45, 2.75) is 19.8 Å². The van der Waals surface area contributed by atoms with E-state index in [-0.39, 0.29) is 0 Å². The molecule has 44 heavy (non-hydrogen) atoms. The fourth-order valence-corrected chi connectivity index (χ4v) is 5.60. The minimum Gasteiger partial charge on any atom is -0.457 e. The van der Waals surface area contributed by atoms with Gasteiger partial charge in [0.1, 0.15) is 11.5 Å². The summed E-state index contributed by atoms with van der Waals surface area (Å²) in [4.78, 5) is 0. The van der Waals surface area contributed by atoms with Crippen LogP contribution in [0.15, 0.2) is 182 Å². The quantitative estimate of drug-likeness (QED) is 0.222. The molecule has 0 N–H and O–H groups in total. The number of para-hydroxylation sites is 1. The predicted molar refractivity (Wildman–Crippen MR) is 189 cm³/mol. The normalized spacial score (nSPS) is 21.9. The largest absolute Gasteiger partial charge is 0.457 e. The third-order valence-corrected chi connectivity index (χ3v) is 7.86. The van der Waals surface area contributed by atoms with Crippen LogP contribution in [-0.4, -0.2) is 0 Å². The predicted octanol–water partition coefficient (Wildman–Crippen LogP) is 11.7. The number of allylic oxidation sites excluding steroid dienone is 16. The standard InChI is InChI=1S/C43H36O/c1-32-17-9-5-3-4-6-11-19-34(26-25-32)37-27-28-39-40-23-15-16-24-43(40)44-33(2)18-10-7-8-12-22-38-29-35-20-13-14-21-36(35)30-41(38)42(39)31-37/h3-11,13-21,23-31H,2,12,22H2,1H3/b4-3?,5-3+,6-4+,8-7-,9-5?,11-6?,17-9-,18-10-,19-11-,26-25?,32-17?,32-25-,34-19?,34-26+. The van der Waals surface area contributed by atoms with E-state index >= 15 is 0 Å². The van der Waals surface area contributed by atoms with Gasteiger partial charge < -0.3 is 4.74 Å². The van der Waals surface area contributed by atoms with Gasteiger partial charge in [-0.1, -0.05) is 152 Å². The molecule has 1 heterocycles. The minimum absolute atomic E-state index is 0.603. The first-order chi connectivity index (χ1) is 21.7. The van der Waals surface area contributed by atoms with E-state index in [0.717, 1.165) is 40.9 Å². The molecule has 0 spiro atoms. The lowest BCUT2D eigenvalue weighted by Gasteiger charge is -2.19. The molecule has 4 aromatic carbocycles. The Labute approximate surface area is 261 Å². The van der Waals surface area contributed by atoms with Crippen LogP contribution in [0.1, 0.15) is 24.5 Å². The smallest absolute Gasteiger partial charge is 0.135 e. The number of aryl methyl sites for hydroxylation is 1. The lowest BCUT2D eigenvalue weighted by molar-refractivity contribution is 0.448. The Bertz CT molecular complexity index is 1950. The maximum absolute atomic E-state index is 6.33. The highest BCUT2D eigenvalue weighted by molar-refractivity contribution is 5.95. The van der Waals surface area contributed by atoms with Gasteiger partial charge in [0, 0.05) is 5.56 Å². The van der Waals surface area contributed by atoms with Crippen LogP contribution in [0.5, 0.6) is 5.75 Å². The van der Waals surface area contributed by atoms with Crippen molar-refractivity contribution in [2.24, 2.45) is 0 Å². The third kappa shape index (κ3) is 6.80. The van der Waals surface area contributed by atoms with Gasteiger partial charge in [0.25, 0.3) is 0 Å². The molecular weight excluding hydrogens is 532 g/mol. The highest BCUT2D eigenvalue weighted by atomic mass is 16.5. The van der Waals surface area contributed by atoms with Crippen molar-refractivity contribution in [3.63, 3.8) is 0 Å². The van der Waals surface area contributed by atoms with Gasteiger partial charge >= 0.3 is 0 Å². The van der Waals surface area contributed by atoms with Gasteiger partial charge in [-0.3, -0.25) is 0 Å². The lowest BCUT2D eigenvalue weighted by atomic mass is 9.86. The molecule has 0 fully saturated rings. The maximum atomic E-state index is 6.33. The first kappa shape index (κ1) is 28.7. The molecule has 1 nitrogen and oxygen atoms in total. The molecule has 214 valence electrons. The Morgan fingerprint density at radius 2 is 1.32 bits per heavy atom. The molecule has 0 amide bonds. The molecule has 0 saturated carbocycles. The Balaban J connectivity index is 1.62. The molecule has 1 aliphatic carbocycles. The van der Waals surface area contributed by atoms with Gasteiger partial charge in [0.2, 0.25) is 0 Å². The molecule has 1 heteroatoms. The summed E-state index contributed by atoms with van der Waals surface area (Å²) in [5.74, 6) is 1.39. The van der Waals surface area contributed by atoms with Crippen LogP contribution in [0.2, 0.25) is 0 Å². The Hall–Kier alpha value is -5.40. The highest BCUT2D eigenvalue weighted by Gasteiger charge is 2.17. The summed E-state index contributed by atoms with van der Waals surface area (Å²) in [7, 11) is 0. The van der Waals surface area contributed by atoms with Crippen LogP contribution in [0, 0.1) is 0 Å². The number of ether oxygens (including phenoxy) is 1. The fraction of sp³-hybridized carbons (Fsp3) is 0.0698. The van der Waals surface area contributed by atoms with Gasteiger partial charge in [0.15, 0.2) is 0 Å². The molecule has 0 atom stereocenters.